The van der Waals surface area contributed by atoms with Crippen LogP contribution in [-0.4, -0.2) is 29.3 Å². The molecule has 3 aliphatic rings. The molecule has 1 aromatic heterocycles. The molecule has 1 aromatic rings. The Labute approximate surface area is 132 Å². The predicted octanol–water partition coefficient (Wildman–Crippen LogP) is 3.19. The van der Waals surface area contributed by atoms with Crippen molar-refractivity contribution in [1.29, 1.82) is 0 Å². The Morgan fingerprint density at radius 1 is 1.23 bits per heavy atom. The Bertz CT molecular complexity index is 524. The molecule has 0 radical (unpaired) electrons. The van der Waals surface area contributed by atoms with Gasteiger partial charge in [0.1, 0.15) is 6.10 Å². The highest BCUT2D eigenvalue weighted by atomic mass is 16.5. The van der Waals surface area contributed by atoms with E-state index in [9.17, 15) is 0 Å². The lowest BCUT2D eigenvalue weighted by molar-refractivity contribution is 0.0617. The van der Waals surface area contributed by atoms with E-state index >= 15 is 0 Å². The number of hydrogen-bond acceptors (Lipinski definition) is 5. The maximum absolute atomic E-state index is 5.88. The van der Waals surface area contributed by atoms with Crippen LogP contribution in [0.25, 0.3) is 0 Å². The van der Waals surface area contributed by atoms with Crippen LogP contribution in [0.4, 0.5) is 0 Å². The normalized spacial score (nSPS) is 34.4. The van der Waals surface area contributed by atoms with E-state index in [4.69, 9.17) is 9.26 Å². The molecule has 1 saturated heterocycles. The van der Waals surface area contributed by atoms with Crippen LogP contribution in [0.15, 0.2) is 4.52 Å². The third-order valence-electron chi connectivity index (χ3n) is 5.49. The van der Waals surface area contributed by atoms with Gasteiger partial charge >= 0.3 is 0 Å². The summed E-state index contributed by atoms with van der Waals surface area (Å²) < 4.78 is 11.4. The molecule has 0 bridgehead atoms. The van der Waals surface area contributed by atoms with E-state index in [0.29, 0.717) is 29.2 Å². The highest BCUT2D eigenvalue weighted by molar-refractivity contribution is 5.05. The molecule has 5 nitrogen and oxygen atoms in total. The molecule has 0 aromatic carbocycles. The lowest BCUT2D eigenvalue weighted by atomic mass is 9.91. The minimum atomic E-state index is -0.0121. The van der Waals surface area contributed by atoms with Gasteiger partial charge in [-0.15, -0.1) is 0 Å². The van der Waals surface area contributed by atoms with Gasteiger partial charge in [0.2, 0.25) is 0 Å². The van der Waals surface area contributed by atoms with Gasteiger partial charge in [0, 0.05) is 31.0 Å². The molecule has 122 valence electrons. The number of rotatable bonds is 5. The Balaban J connectivity index is 1.34. The molecule has 1 N–H and O–H groups in total. The smallest absolute Gasteiger partial charge is 0.256 e. The van der Waals surface area contributed by atoms with Crippen molar-refractivity contribution in [1.82, 2.24) is 15.5 Å². The second-order valence-electron chi connectivity index (χ2n) is 8.12. The van der Waals surface area contributed by atoms with E-state index in [2.05, 4.69) is 29.3 Å². The largest absolute Gasteiger partial charge is 0.368 e. The molecule has 3 fully saturated rings. The van der Waals surface area contributed by atoms with Crippen molar-refractivity contribution in [3.05, 3.63) is 11.7 Å². The van der Waals surface area contributed by atoms with Crippen molar-refractivity contribution >= 4 is 0 Å². The van der Waals surface area contributed by atoms with Crippen LogP contribution in [0.5, 0.6) is 0 Å². The van der Waals surface area contributed by atoms with Gasteiger partial charge in [-0.2, -0.15) is 4.98 Å². The fourth-order valence-corrected chi connectivity index (χ4v) is 3.91. The fourth-order valence-electron chi connectivity index (χ4n) is 3.91. The summed E-state index contributed by atoms with van der Waals surface area (Å²) in [4.78, 5) is 4.58. The Hall–Kier alpha value is -0.940. The summed E-state index contributed by atoms with van der Waals surface area (Å²) in [6.45, 7) is 6.53. The number of nitrogens with one attached hydrogen (secondary N) is 1. The highest BCUT2D eigenvalue weighted by Gasteiger charge is 2.37. The van der Waals surface area contributed by atoms with Gasteiger partial charge in [-0.25, -0.2) is 0 Å². The monoisotopic (exact) mass is 305 g/mol. The molecule has 22 heavy (non-hydrogen) atoms. The van der Waals surface area contributed by atoms with E-state index < -0.39 is 0 Å². The van der Waals surface area contributed by atoms with Gasteiger partial charge in [-0.3, -0.25) is 0 Å². The van der Waals surface area contributed by atoms with Gasteiger partial charge in [-0.1, -0.05) is 19.0 Å². The van der Waals surface area contributed by atoms with Gasteiger partial charge in [-0.05, 0) is 43.9 Å². The van der Waals surface area contributed by atoms with Crippen molar-refractivity contribution in [3.63, 3.8) is 0 Å². The molecule has 5 heteroatoms. The third kappa shape index (κ3) is 3.06. The molecule has 0 amide bonds. The van der Waals surface area contributed by atoms with Crippen LogP contribution < -0.4 is 5.32 Å². The molecule has 4 rings (SSSR count). The lowest BCUT2D eigenvalue weighted by Crippen LogP contribution is -2.33. The Morgan fingerprint density at radius 3 is 2.82 bits per heavy atom. The summed E-state index contributed by atoms with van der Waals surface area (Å²) in [5, 5.41) is 7.88. The summed E-state index contributed by atoms with van der Waals surface area (Å²) in [5.74, 6) is 2.57. The highest BCUT2D eigenvalue weighted by Crippen LogP contribution is 2.41. The zero-order valence-corrected chi connectivity index (χ0v) is 13.7. The third-order valence-corrected chi connectivity index (χ3v) is 5.49. The minimum Gasteiger partial charge on any atom is -0.368 e. The number of nitrogens with zero attached hydrogens (tertiary/aromatic N) is 2. The van der Waals surface area contributed by atoms with Crippen LogP contribution in [-0.2, 0) is 4.74 Å². The molecule has 1 aliphatic heterocycles. The molecular formula is C17H27N3O2. The van der Waals surface area contributed by atoms with E-state index in [-0.39, 0.29) is 6.10 Å². The van der Waals surface area contributed by atoms with Gasteiger partial charge in [0.15, 0.2) is 5.82 Å². The first-order chi connectivity index (χ1) is 10.6. The van der Waals surface area contributed by atoms with E-state index in [1.807, 2.05) is 0 Å². The number of aromatic nitrogens is 2. The quantitative estimate of drug-likeness (QED) is 0.905. The van der Waals surface area contributed by atoms with E-state index in [0.717, 1.165) is 25.4 Å². The molecule has 2 saturated carbocycles. The first-order valence-corrected chi connectivity index (χ1v) is 8.79. The lowest BCUT2D eigenvalue weighted by Gasteiger charge is -2.21. The van der Waals surface area contributed by atoms with Gasteiger partial charge < -0.3 is 14.6 Å². The second kappa shape index (κ2) is 5.60. The van der Waals surface area contributed by atoms with Crippen LogP contribution in [0.2, 0.25) is 0 Å². The minimum absolute atomic E-state index is 0.0121. The van der Waals surface area contributed by atoms with Crippen molar-refractivity contribution in [3.8, 4) is 0 Å². The van der Waals surface area contributed by atoms with Crippen LogP contribution in [0.1, 0.15) is 76.1 Å². The zero-order chi connectivity index (χ0) is 15.2. The van der Waals surface area contributed by atoms with Crippen molar-refractivity contribution in [2.75, 3.05) is 13.2 Å². The molecule has 2 aliphatic carbocycles. The fraction of sp³-hybridized carbons (Fsp3) is 0.882. The van der Waals surface area contributed by atoms with Crippen molar-refractivity contribution in [2.24, 2.45) is 11.3 Å². The van der Waals surface area contributed by atoms with Gasteiger partial charge in [0.25, 0.3) is 5.89 Å². The summed E-state index contributed by atoms with van der Waals surface area (Å²) in [5.41, 5.74) is 0.495. The number of hydrogen-bond donors (Lipinski definition) is 1. The first-order valence-electron chi connectivity index (χ1n) is 8.79. The maximum atomic E-state index is 5.88. The van der Waals surface area contributed by atoms with E-state index in [1.165, 1.54) is 32.1 Å². The molecule has 0 spiro atoms. The molecule has 3 atom stereocenters. The topological polar surface area (TPSA) is 60.2 Å². The molecule has 1 unspecified atom stereocenters. The SMILES string of the molecule is CC1(C)CCC(NC[C@@H]2CCO[C@@H]2c2nc(C3CC3)no2)C1. The van der Waals surface area contributed by atoms with Crippen LogP contribution in [0, 0.1) is 11.3 Å². The summed E-state index contributed by atoms with van der Waals surface area (Å²) in [6, 6.07) is 0.654. The Kier molecular flexibility index (Phi) is 3.73. The van der Waals surface area contributed by atoms with Crippen LogP contribution in [0.3, 0.4) is 0 Å². The van der Waals surface area contributed by atoms with E-state index in [1.54, 1.807) is 0 Å². The van der Waals surface area contributed by atoms with Crippen molar-refractivity contribution < 1.29 is 9.26 Å². The second-order valence-corrected chi connectivity index (χ2v) is 8.12. The standard InChI is InChI=1S/C17H27N3O2/c1-17(2)7-5-13(9-17)18-10-12-6-8-21-14(12)16-19-15(20-22-16)11-3-4-11/h11-14,18H,3-10H2,1-2H3/t12-,13?,14-/m0/s1. The first kappa shape index (κ1) is 14.6. The predicted molar refractivity (Wildman–Crippen MR) is 82.5 cm³/mol. The Morgan fingerprint density at radius 2 is 2.09 bits per heavy atom. The van der Waals surface area contributed by atoms with Crippen LogP contribution >= 0.6 is 0 Å². The maximum Gasteiger partial charge on any atom is 0.256 e. The summed E-state index contributed by atoms with van der Waals surface area (Å²) >= 11 is 0. The van der Waals surface area contributed by atoms with Crippen molar-refractivity contribution in [2.45, 2.75) is 70.4 Å². The number of ether oxygens (including phenoxy) is 1. The molecule has 2 heterocycles. The van der Waals surface area contributed by atoms with Gasteiger partial charge in [0.05, 0.1) is 0 Å². The average molecular weight is 305 g/mol. The zero-order valence-electron chi connectivity index (χ0n) is 13.7. The summed E-state index contributed by atoms with van der Waals surface area (Å²) in [6.07, 6.45) is 7.36. The average Bonchev–Trinajstić information content (AvgIpc) is 2.91. The summed E-state index contributed by atoms with van der Waals surface area (Å²) in [7, 11) is 0. The molecular weight excluding hydrogens is 278 g/mol.